The molecule has 1 aromatic carbocycles. The fraction of sp³-hybridized carbons (Fsp3) is 0.409. The number of thioether (sulfide) groups is 1. The number of benzene rings is 1. The maximum atomic E-state index is 12.3. The highest BCUT2D eigenvalue weighted by Crippen LogP contribution is 2.36. The molecule has 0 radical (unpaired) electrons. The van der Waals surface area contributed by atoms with Crippen LogP contribution in [0.1, 0.15) is 30.5 Å². The van der Waals surface area contributed by atoms with E-state index in [0.29, 0.717) is 17.6 Å². The Morgan fingerprint density at radius 2 is 1.97 bits per heavy atom. The van der Waals surface area contributed by atoms with Crippen molar-refractivity contribution in [1.29, 1.82) is 0 Å². The first-order valence-electron chi connectivity index (χ1n) is 10.0. The van der Waals surface area contributed by atoms with Crippen molar-refractivity contribution in [2.45, 2.75) is 32.2 Å². The number of piperidine rings is 1. The molecule has 0 aliphatic carbocycles. The van der Waals surface area contributed by atoms with Crippen LogP contribution in [0.15, 0.2) is 47.3 Å². The highest BCUT2D eigenvalue weighted by Gasteiger charge is 2.35. The van der Waals surface area contributed by atoms with Gasteiger partial charge in [0.2, 0.25) is 5.91 Å². The number of anilines is 1. The van der Waals surface area contributed by atoms with Crippen molar-refractivity contribution in [3.8, 4) is 0 Å². The summed E-state index contributed by atoms with van der Waals surface area (Å²) in [4.78, 5) is 26.7. The normalized spacial score (nSPS) is 20.1. The molecule has 2 atom stereocenters. The van der Waals surface area contributed by atoms with Gasteiger partial charge >= 0.3 is 0 Å². The van der Waals surface area contributed by atoms with Gasteiger partial charge in [-0.3, -0.25) is 9.59 Å². The monoisotopic (exact) mass is 427 g/mol. The quantitative estimate of drug-likeness (QED) is 0.757. The summed E-state index contributed by atoms with van der Waals surface area (Å²) in [6, 6.07) is 13.5. The molecule has 2 aliphatic rings. The Bertz CT molecular complexity index is 971. The van der Waals surface area contributed by atoms with Crippen LogP contribution in [0.25, 0.3) is 0 Å². The van der Waals surface area contributed by atoms with E-state index in [1.54, 1.807) is 6.07 Å². The minimum absolute atomic E-state index is 0.0456. The minimum Gasteiger partial charge on any atom is -0.356 e. The van der Waals surface area contributed by atoms with Gasteiger partial charge in [0.25, 0.3) is 5.56 Å². The van der Waals surface area contributed by atoms with E-state index in [4.69, 9.17) is 12.2 Å². The van der Waals surface area contributed by atoms with E-state index in [2.05, 4.69) is 23.2 Å². The molecule has 7 heteroatoms. The third kappa shape index (κ3) is 4.56. The first-order valence-corrected chi connectivity index (χ1v) is 11.4. The zero-order valence-corrected chi connectivity index (χ0v) is 18.1. The van der Waals surface area contributed by atoms with Crippen molar-refractivity contribution in [3.63, 3.8) is 0 Å². The van der Waals surface area contributed by atoms with Crippen molar-refractivity contribution >= 4 is 39.9 Å². The van der Waals surface area contributed by atoms with Crippen LogP contribution in [0.5, 0.6) is 0 Å². The Morgan fingerprint density at radius 1 is 1.17 bits per heavy atom. The number of likely N-dealkylation sites (tertiary alicyclic amines) is 1. The highest BCUT2D eigenvalue weighted by atomic mass is 32.2. The second-order valence-electron chi connectivity index (χ2n) is 7.76. The number of aromatic nitrogens is 1. The molecule has 2 bridgehead atoms. The minimum atomic E-state index is -0.0456. The lowest BCUT2D eigenvalue weighted by Crippen LogP contribution is -2.48. The molecule has 1 saturated heterocycles. The molecular weight excluding hydrogens is 402 g/mol. The number of nitrogens with one attached hydrogen (secondary N) is 1. The number of fused-ring (bicyclic) bond motifs is 4. The molecule has 29 heavy (non-hydrogen) atoms. The molecule has 2 aromatic rings. The lowest BCUT2D eigenvalue weighted by atomic mass is 9.83. The van der Waals surface area contributed by atoms with Gasteiger partial charge in [-0.05, 0) is 42.5 Å². The molecule has 1 N–H and O–H groups in total. The summed E-state index contributed by atoms with van der Waals surface area (Å²) in [5.74, 6) is 0.998. The zero-order valence-electron chi connectivity index (χ0n) is 16.5. The maximum Gasteiger partial charge on any atom is 0.250 e. The van der Waals surface area contributed by atoms with Gasteiger partial charge in [-0.15, -0.1) is 0 Å². The number of hydrogen-bond acceptors (Lipinski definition) is 4. The van der Waals surface area contributed by atoms with Crippen LogP contribution in [-0.2, 0) is 17.8 Å². The maximum absolute atomic E-state index is 12.3. The average Bonchev–Trinajstić information content (AvgIpc) is 2.73. The fourth-order valence-corrected chi connectivity index (χ4v) is 5.27. The Morgan fingerprint density at radius 3 is 2.72 bits per heavy atom. The number of amides is 1. The van der Waals surface area contributed by atoms with E-state index < -0.39 is 0 Å². The smallest absolute Gasteiger partial charge is 0.250 e. The first kappa shape index (κ1) is 20.2. The topological polar surface area (TPSA) is 54.3 Å². The molecule has 1 fully saturated rings. The van der Waals surface area contributed by atoms with Crippen molar-refractivity contribution in [2.24, 2.45) is 5.92 Å². The third-order valence-electron chi connectivity index (χ3n) is 5.71. The molecular formula is C22H25N3O2S2. The Kier molecular flexibility index (Phi) is 6.06. The molecule has 0 unspecified atom stereocenters. The Hall–Kier alpha value is -2.12. The molecule has 152 valence electrons. The van der Waals surface area contributed by atoms with Crippen LogP contribution < -0.4 is 10.9 Å². The number of carbonyl (C=O) groups is 1. The summed E-state index contributed by atoms with van der Waals surface area (Å²) in [6.07, 6.45) is 2.08. The number of hydrogen-bond donors (Lipinski definition) is 1. The van der Waals surface area contributed by atoms with Gasteiger partial charge < -0.3 is 14.8 Å². The van der Waals surface area contributed by atoms with Crippen LogP contribution in [0.4, 0.5) is 5.69 Å². The van der Waals surface area contributed by atoms with Crippen molar-refractivity contribution in [1.82, 2.24) is 9.47 Å². The Labute approximate surface area is 180 Å². The van der Waals surface area contributed by atoms with Crippen molar-refractivity contribution in [3.05, 3.63) is 64.1 Å². The van der Waals surface area contributed by atoms with E-state index in [0.717, 1.165) is 48.2 Å². The average molecular weight is 428 g/mol. The molecule has 1 aromatic heterocycles. The van der Waals surface area contributed by atoms with Gasteiger partial charge in [-0.1, -0.05) is 49.1 Å². The first-order chi connectivity index (χ1) is 14.0. The number of rotatable bonds is 4. The zero-order chi connectivity index (χ0) is 20.4. The molecule has 0 spiro atoms. The van der Waals surface area contributed by atoms with Crippen LogP contribution in [0, 0.1) is 5.92 Å². The highest BCUT2D eigenvalue weighted by molar-refractivity contribution is 8.23. The summed E-state index contributed by atoms with van der Waals surface area (Å²) in [5.41, 5.74) is 3.26. The SMILES string of the molecule is CCc1ccc(NC(=O)CSC(=S)N2C[C@H]3C[C@@H](C2)c2cccc(=O)n2C3)cc1. The van der Waals surface area contributed by atoms with E-state index in [1.165, 1.54) is 17.3 Å². The summed E-state index contributed by atoms with van der Waals surface area (Å²) >= 11 is 7.05. The van der Waals surface area contributed by atoms with E-state index in [1.807, 2.05) is 34.9 Å². The summed E-state index contributed by atoms with van der Waals surface area (Å²) in [7, 11) is 0. The molecule has 2 aliphatic heterocycles. The second kappa shape index (κ2) is 8.71. The van der Waals surface area contributed by atoms with Crippen LogP contribution in [-0.4, -0.2) is 38.5 Å². The fourth-order valence-electron chi connectivity index (χ4n) is 4.28. The number of aryl methyl sites for hydroxylation is 1. The van der Waals surface area contributed by atoms with Gasteiger partial charge in [0.05, 0.1) is 5.75 Å². The number of carbonyl (C=O) groups excluding carboxylic acids is 1. The van der Waals surface area contributed by atoms with E-state index in [-0.39, 0.29) is 11.5 Å². The van der Waals surface area contributed by atoms with E-state index in [9.17, 15) is 9.59 Å². The number of pyridine rings is 1. The predicted molar refractivity (Wildman–Crippen MR) is 123 cm³/mol. The molecule has 3 heterocycles. The largest absolute Gasteiger partial charge is 0.356 e. The lowest BCUT2D eigenvalue weighted by molar-refractivity contribution is -0.113. The second-order valence-corrected chi connectivity index (χ2v) is 9.37. The lowest BCUT2D eigenvalue weighted by Gasteiger charge is -2.43. The standard InChI is InChI=1S/C22H25N3O2S2/c1-2-15-6-8-18(9-7-15)23-20(26)14-29-22(28)24-11-16-10-17(13-24)19-4-3-5-21(27)25(19)12-16/h3-9,16-17H,2,10-14H2,1H3,(H,23,26)/t16-,17+/m1/s1. The Balaban J connectivity index is 1.32. The van der Waals surface area contributed by atoms with Gasteiger partial charge in [0.1, 0.15) is 4.32 Å². The predicted octanol–water partition coefficient (Wildman–Crippen LogP) is 3.49. The van der Waals surface area contributed by atoms with Crippen molar-refractivity contribution < 1.29 is 4.79 Å². The molecule has 5 nitrogen and oxygen atoms in total. The van der Waals surface area contributed by atoms with Crippen LogP contribution in [0.2, 0.25) is 0 Å². The van der Waals surface area contributed by atoms with Gasteiger partial charge in [-0.25, -0.2) is 0 Å². The molecule has 0 saturated carbocycles. The summed E-state index contributed by atoms with van der Waals surface area (Å²) < 4.78 is 2.69. The van der Waals surface area contributed by atoms with Gasteiger partial charge in [-0.2, -0.15) is 0 Å². The van der Waals surface area contributed by atoms with Crippen molar-refractivity contribution in [2.75, 3.05) is 24.2 Å². The van der Waals surface area contributed by atoms with E-state index >= 15 is 0 Å². The molecule has 4 rings (SSSR count). The van der Waals surface area contributed by atoms with Crippen LogP contribution in [0.3, 0.4) is 0 Å². The van der Waals surface area contributed by atoms with Gasteiger partial charge in [0.15, 0.2) is 0 Å². The molecule has 1 amide bonds. The number of nitrogens with zero attached hydrogens (tertiary/aromatic N) is 2. The van der Waals surface area contributed by atoms with Gasteiger partial charge in [0, 0.05) is 43.0 Å². The third-order valence-corrected chi connectivity index (χ3v) is 7.23. The number of thiocarbonyl (C=S) groups is 1. The van der Waals surface area contributed by atoms with Crippen LogP contribution >= 0.6 is 24.0 Å². The summed E-state index contributed by atoms with van der Waals surface area (Å²) in [6.45, 7) is 4.52. The summed E-state index contributed by atoms with van der Waals surface area (Å²) in [5, 5.41) is 2.93.